The summed E-state index contributed by atoms with van der Waals surface area (Å²) in [4.78, 5) is 18.6. The molecule has 2 heterocycles. The van der Waals surface area contributed by atoms with Crippen LogP contribution in [0, 0.1) is 0 Å². The van der Waals surface area contributed by atoms with Crippen LogP contribution in [0.3, 0.4) is 0 Å². The summed E-state index contributed by atoms with van der Waals surface area (Å²) < 4.78 is 1.94. The van der Waals surface area contributed by atoms with E-state index in [0.29, 0.717) is 11.6 Å². The molecule has 6 heteroatoms. The molecule has 0 aliphatic carbocycles. The zero-order valence-electron chi connectivity index (χ0n) is 13.7. The molecule has 2 amide bonds. The molecule has 2 aromatic carbocycles. The van der Waals surface area contributed by atoms with E-state index in [-0.39, 0.29) is 6.03 Å². The van der Waals surface area contributed by atoms with Crippen LogP contribution in [0.15, 0.2) is 55.0 Å². The highest BCUT2D eigenvalue weighted by atomic mass is 35.5. The number of fused-ring (bicyclic) bond motifs is 1. The lowest BCUT2D eigenvalue weighted by atomic mass is 10.1. The molecule has 5 nitrogen and oxygen atoms in total. The van der Waals surface area contributed by atoms with Gasteiger partial charge in [-0.3, -0.25) is 4.90 Å². The summed E-state index contributed by atoms with van der Waals surface area (Å²) in [5, 5.41) is 3.69. The van der Waals surface area contributed by atoms with E-state index in [2.05, 4.69) is 10.3 Å². The molecule has 1 aliphatic rings. The summed E-state index contributed by atoms with van der Waals surface area (Å²) in [7, 11) is 1.94. The van der Waals surface area contributed by atoms with Crippen molar-refractivity contribution in [3.8, 4) is 11.3 Å². The van der Waals surface area contributed by atoms with E-state index in [4.69, 9.17) is 11.6 Å². The highest BCUT2D eigenvalue weighted by molar-refractivity contribution is 6.32. The summed E-state index contributed by atoms with van der Waals surface area (Å²) in [5.41, 5.74) is 4.66. The lowest BCUT2D eigenvalue weighted by molar-refractivity contribution is 0.257. The number of rotatable bonds is 2. The quantitative estimate of drug-likeness (QED) is 0.746. The van der Waals surface area contributed by atoms with E-state index in [1.807, 2.05) is 54.1 Å². The second kappa shape index (κ2) is 6.26. The Kier molecular flexibility index (Phi) is 3.93. The van der Waals surface area contributed by atoms with Gasteiger partial charge in [0.25, 0.3) is 0 Å². The first-order chi connectivity index (χ1) is 12.1. The predicted octanol–water partition coefficient (Wildman–Crippen LogP) is 4.34. The van der Waals surface area contributed by atoms with Gasteiger partial charge in [-0.05, 0) is 36.2 Å². The number of halogens is 1. The molecular formula is C19H17ClN4O. The van der Waals surface area contributed by atoms with Crippen molar-refractivity contribution in [3.63, 3.8) is 0 Å². The van der Waals surface area contributed by atoms with Gasteiger partial charge in [0.05, 0.1) is 23.9 Å². The van der Waals surface area contributed by atoms with Crippen LogP contribution in [0.4, 0.5) is 16.2 Å². The molecule has 0 radical (unpaired) electrons. The van der Waals surface area contributed by atoms with Crippen LogP contribution in [0.5, 0.6) is 0 Å². The van der Waals surface area contributed by atoms with Crippen molar-refractivity contribution in [2.24, 2.45) is 7.05 Å². The number of amides is 2. The Morgan fingerprint density at radius 1 is 1.24 bits per heavy atom. The fraction of sp³-hybridized carbons (Fsp3) is 0.158. The number of nitrogens with one attached hydrogen (secondary N) is 1. The highest BCUT2D eigenvalue weighted by Gasteiger charge is 2.26. The molecule has 126 valence electrons. The van der Waals surface area contributed by atoms with Gasteiger partial charge >= 0.3 is 6.03 Å². The molecule has 1 aromatic heterocycles. The van der Waals surface area contributed by atoms with Crippen LogP contribution in [0.25, 0.3) is 11.3 Å². The Labute approximate surface area is 150 Å². The largest absolute Gasteiger partial charge is 0.334 e. The summed E-state index contributed by atoms with van der Waals surface area (Å²) in [6.07, 6.45) is 4.34. The van der Waals surface area contributed by atoms with Crippen molar-refractivity contribution >= 4 is 29.0 Å². The zero-order valence-corrected chi connectivity index (χ0v) is 14.5. The van der Waals surface area contributed by atoms with Crippen molar-refractivity contribution in [1.82, 2.24) is 9.55 Å². The number of nitrogens with zero attached hydrogens (tertiary/aromatic N) is 3. The number of benzene rings is 2. The van der Waals surface area contributed by atoms with Gasteiger partial charge in [-0.2, -0.15) is 0 Å². The topological polar surface area (TPSA) is 50.2 Å². The van der Waals surface area contributed by atoms with Crippen LogP contribution in [-0.2, 0) is 13.5 Å². The Morgan fingerprint density at radius 2 is 2.08 bits per heavy atom. The van der Waals surface area contributed by atoms with Gasteiger partial charge in [-0.15, -0.1) is 0 Å². The minimum atomic E-state index is -0.150. The van der Waals surface area contributed by atoms with Crippen LogP contribution < -0.4 is 10.2 Å². The van der Waals surface area contributed by atoms with Crippen molar-refractivity contribution in [2.45, 2.75) is 6.42 Å². The lowest BCUT2D eigenvalue weighted by Crippen LogP contribution is -2.33. The van der Waals surface area contributed by atoms with Gasteiger partial charge in [-0.25, -0.2) is 9.78 Å². The molecule has 0 atom stereocenters. The molecule has 1 N–H and O–H groups in total. The van der Waals surface area contributed by atoms with E-state index >= 15 is 0 Å². The molecule has 0 spiro atoms. The Balaban J connectivity index is 1.57. The second-order valence-corrected chi connectivity index (χ2v) is 6.45. The number of hydrogen-bond acceptors (Lipinski definition) is 2. The number of anilines is 2. The summed E-state index contributed by atoms with van der Waals surface area (Å²) in [6.45, 7) is 0.631. The number of urea groups is 1. The number of aromatic nitrogens is 2. The first kappa shape index (κ1) is 15.7. The Bertz CT molecular complexity index is 950. The Hall–Kier alpha value is -2.79. The molecular weight excluding hydrogens is 336 g/mol. The average molecular weight is 353 g/mol. The van der Waals surface area contributed by atoms with Crippen LogP contribution in [-0.4, -0.2) is 22.1 Å². The molecule has 25 heavy (non-hydrogen) atoms. The fourth-order valence-electron chi connectivity index (χ4n) is 3.19. The van der Waals surface area contributed by atoms with E-state index in [9.17, 15) is 4.79 Å². The molecule has 0 saturated carbocycles. The minimum Gasteiger partial charge on any atom is -0.334 e. The van der Waals surface area contributed by atoms with Crippen LogP contribution in [0.1, 0.15) is 5.56 Å². The third-order valence-corrected chi connectivity index (χ3v) is 4.80. The summed E-state index contributed by atoms with van der Waals surface area (Å²) in [5.74, 6) is 0. The molecule has 0 fully saturated rings. The molecule has 3 aromatic rings. The summed E-state index contributed by atoms with van der Waals surface area (Å²) >= 11 is 6.23. The first-order valence-electron chi connectivity index (χ1n) is 8.06. The smallest absolute Gasteiger partial charge is 0.326 e. The molecule has 4 rings (SSSR count). The standard InChI is InChI=1S/C19H17ClN4O/c1-23-12-21-11-18(23)13-4-2-5-14(10-13)22-19(25)24-9-8-15-16(20)6-3-7-17(15)24/h2-7,10-12H,8-9H2,1H3,(H,22,25). The fourth-order valence-corrected chi connectivity index (χ4v) is 3.45. The Morgan fingerprint density at radius 3 is 2.88 bits per heavy atom. The SMILES string of the molecule is Cn1cncc1-c1cccc(NC(=O)N2CCc3c(Cl)cccc32)c1. The highest BCUT2D eigenvalue weighted by Crippen LogP contribution is 2.33. The maximum atomic E-state index is 12.7. The number of carbonyl (C=O) groups excluding carboxylic acids is 1. The zero-order chi connectivity index (χ0) is 17.4. The van der Waals surface area contributed by atoms with E-state index in [0.717, 1.165) is 34.6 Å². The van der Waals surface area contributed by atoms with Crippen molar-refractivity contribution < 1.29 is 4.79 Å². The first-order valence-corrected chi connectivity index (χ1v) is 8.44. The minimum absolute atomic E-state index is 0.150. The second-order valence-electron chi connectivity index (χ2n) is 6.04. The van der Waals surface area contributed by atoms with Gasteiger partial charge in [0.2, 0.25) is 0 Å². The number of hydrogen-bond donors (Lipinski definition) is 1. The van der Waals surface area contributed by atoms with Gasteiger partial charge < -0.3 is 9.88 Å². The summed E-state index contributed by atoms with van der Waals surface area (Å²) in [6, 6.07) is 13.3. The van der Waals surface area contributed by atoms with Crippen LogP contribution in [0.2, 0.25) is 5.02 Å². The lowest BCUT2D eigenvalue weighted by Gasteiger charge is -2.18. The van der Waals surface area contributed by atoms with Crippen molar-refractivity contribution in [1.29, 1.82) is 0 Å². The van der Waals surface area contributed by atoms with Gasteiger partial charge in [0, 0.05) is 29.9 Å². The number of carbonyl (C=O) groups is 1. The molecule has 1 aliphatic heterocycles. The average Bonchev–Trinajstić information content (AvgIpc) is 3.22. The maximum absolute atomic E-state index is 12.7. The number of aryl methyl sites for hydroxylation is 1. The van der Waals surface area contributed by atoms with E-state index in [1.165, 1.54) is 0 Å². The van der Waals surface area contributed by atoms with Gasteiger partial charge in [-0.1, -0.05) is 29.8 Å². The van der Waals surface area contributed by atoms with E-state index in [1.54, 1.807) is 17.4 Å². The van der Waals surface area contributed by atoms with E-state index < -0.39 is 0 Å². The monoisotopic (exact) mass is 352 g/mol. The normalized spacial score (nSPS) is 13.0. The van der Waals surface area contributed by atoms with Crippen molar-refractivity contribution in [2.75, 3.05) is 16.8 Å². The van der Waals surface area contributed by atoms with Crippen LogP contribution >= 0.6 is 11.6 Å². The van der Waals surface area contributed by atoms with Gasteiger partial charge in [0.15, 0.2) is 0 Å². The predicted molar refractivity (Wildman–Crippen MR) is 100 cm³/mol. The van der Waals surface area contributed by atoms with Gasteiger partial charge in [0.1, 0.15) is 0 Å². The molecule has 0 bridgehead atoms. The molecule has 0 unspecified atom stereocenters. The third-order valence-electron chi connectivity index (χ3n) is 4.44. The third kappa shape index (κ3) is 2.87. The molecule has 0 saturated heterocycles. The number of imidazole rings is 1. The maximum Gasteiger partial charge on any atom is 0.326 e. The van der Waals surface area contributed by atoms with Crippen molar-refractivity contribution in [3.05, 3.63) is 65.6 Å².